The Hall–Kier alpha value is -3.15. The van der Waals surface area contributed by atoms with E-state index in [4.69, 9.17) is 0 Å². The van der Waals surface area contributed by atoms with Crippen molar-refractivity contribution in [1.29, 1.82) is 0 Å². The number of pyridine rings is 1. The molecule has 2 aromatic carbocycles. The molecule has 2 saturated heterocycles. The van der Waals surface area contributed by atoms with Gasteiger partial charge in [-0.05, 0) is 55.7 Å². The number of carbonyl (C=O) groups excluding carboxylic acids is 1. The number of amides is 1. The van der Waals surface area contributed by atoms with Gasteiger partial charge in [-0.25, -0.2) is 4.39 Å². The number of likely N-dealkylation sites (tertiary alicyclic amines) is 1. The van der Waals surface area contributed by atoms with Crippen LogP contribution in [0.3, 0.4) is 0 Å². The van der Waals surface area contributed by atoms with Gasteiger partial charge < -0.3 is 14.7 Å². The maximum absolute atomic E-state index is 14.2. The van der Waals surface area contributed by atoms with E-state index in [1.807, 2.05) is 4.90 Å². The summed E-state index contributed by atoms with van der Waals surface area (Å²) in [7, 11) is 0. The minimum Gasteiger partial charge on any atom is -0.368 e. The molecule has 0 unspecified atom stereocenters. The number of benzene rings is 2. The van der Waals surface area contributed by atoms with Crippen LogP contribution in [0.4, 0.5) is 15.8 Å². The number of hydrogen-bond donors (Lipinski definition) is 0. The molecule has 0 aliphatic carbocycles. The lowest BCUT2D eigenvalue weighted by atomic mass is 10.1. The molecule has 2 aliphatic rings. The molecule has 1 amide bonds. The van der Waals surface area contributed by atoms with Crippen molar-refractivity contribution in [3.05, 3.63) is 65.6 Å². The molecule has 0 radical (unpaired) electrons. The van der Waals surface area contributed by atoms with E-state index in [-0.39, 0.29) is 11.7 Å². The van der Waals surface area contributed by atoms with Crippen LogP contribution in [0.5, 0.6) is 0 Å². The standard InChI is InChI=1S/C25H27FN4O/c1-18-5-4-6-20(15-18)28-11-13-29(14-12-28)24-21-16-19(26)7-8-23(21)27-17-22(24)25(31)30-9-2-3-10-30/h4-8,15-17H,2-3,9-14H2,1H3. The van der Waals surface area contributed by atoms with Gasteiger partial charge in [0.15, 0.2) is 0 Å². The monoisotopic (exact) mass is 418 g/mol. The Morgan fingerprint density at radius 3 is 2.42 bits per heavy atom. The first-order chi connectivity index (χ1) is 15.1. The number of piperazine rings is 1. The first kappa shape index (κ1) is 19.8. The first-order valence-electron chi connectivity index (χ1n) is 11.0. The summed E-state index contributed by atoms with van der Waals surface area (Å²) in [6.07, 6.45) is 3.75. The lowest BCUT2D eigenvalue weighted by Crippen LogP contribution is -2.47. The zero-order valence-electron chi connectivity index (χ0n) is 17.9. The third-order valence-electron chi connectivity index (χ3n) is 6.39. The number of anilines is 2. The van der Waals surface area contributed by atoms with E-state index in [1.165, 1.54) is 23.4 Å². The van der Waals surface area contributed by atoms with E-state index in [0.29, 0.717) is 10.9 Å². The average Bonchev–Trinajstić information content (AvgIpc) is 3.33. The van der Waals surface area contributed by atoms with Crippen molar-refractivity contribution >= 4 is 28.2 Å². The SMILES string of the molecule is Cc1cccc(N2CCN(c3c(C(=O)N4CCCC4)cnc4ccc(F)cc34)CC2)c1. The van der Waals surface area contributed by atoms with Gasteiger partial charge >= 0.3 is 0 Å². The first-order valence-corrected chi connectivity index (χ1v) is 11.0. The lowest BCUT2D eigenvalue weighted by molar-refractivity contribution is 0.0793. The molecule has 3 heterocycles. The van der Waals surface area contributed by atoms with E-state index in [0.717, 1.165) is 63.3 Å². The molecular weight excluding hydrogens is 391 g/mol. The third kappa shape index (κ3) is 3.82. The van der Waals surface area contributed by atoms with Crippen LogP contribution in [0.25, 0.3) is 10.9 Å². The summed E-state index contributed by atoms with van der Waals surface area (Å²) in [4.78, 5) is 24.3. The summed E-state index contributed by atoms with van der Waals surface area (Å²) in [5.74, 6) is -0.299. The number of nitrogens with zero attached hydrogens (tertiary/aromatic N) is 4. The van der Waals surface area contributed by atoms with Gasteiger partial charge in [-0.2, -0.15) is 0 Å². The Bertz CT molecular complexity index is 1120. The van der Waals surface area contributed by atoms with Gasteiger partial charge in [-0.15, -0.1) is 0 Å². The van der Waals surface area contributed by atoms with Gasteiger partial charge in [0.05, 0.1) is 16.8 Å². The minimum absolute atomic E-state index is 0.00674. The second-order valence-electron chi connectivity index (χ2n) is 8.49. The molecule has 160 valence electrons. The molecular formula is C25H27FN4O. The molecule has 5 rings (SSSR count). The normalized spacial score (nSPS) is 16.9. The van der Waals surface area contributed by atoms with Crippen LogP contribution >= 0.6 is 0 Å². The van der Waals surface area contributed by atoms with Gasteiger partial charge in [0.25, 0.3) is 5.91 Å². The number of carbonyl (C=O) groups is 1. The van der Waals surface area contributed by atoms with Crippen LogP contribution in [-0.4, -0.2) is 55.1 Å². The molecule has 2 aliphatic heterocycles. The number of rotatable bonds is 3. The van der Waals surface area contributed by atoms with E-state index < -0.39 is 0 Å². The molecule has 2 fully saturated rings. The molecule has 6 heteroatoms. The average molecular weight is 419 g/mol. The summed E-state index contributed by atoms with van der Waals surface area (Å²) in [6.45, 7) is 6.89. The van der Waals surface area contributed by atoms with Gasteiger partial charge in [0.1, 0.15) is 5.82 Å². The Labute approximate surface area is 182 Å². The molecule has 5 nitrogen and oxygen atoms in total. The highest BCUT2D eigenvalue weighted by atomic mass is 19.1. The molecule has 31 heavy (non-hydrogen) atoms. The topological polar surface area (TPSA) is 39.7 Å². The van der Waals surface area contributed by atoms with Crippen LogP contribution in [0.1, 0.15) is 28.8 Å². The smallest absolute Gasteiger partial charge is 0.257 e. The predicted octanol–water partition coefficient (Wildman–Crippen LogP) is 4.24. The van der Waals surface area contributed by atoms with Crippen molar-refractivity contribution in [2.75, 3.05) is 49.1 Å². The largest absolute Gasteiger partial charge is 0.368 e. The molecule has 0 N–H and O–H groups in total. The number of aryl methyl sites for hydroxylation is 1. The summed E-state index contributed by atoms with van der Waals surface area (Å²) in [5.41, 5.74) is 4.59. The van der Waals surface area contributed by atoms with Crippen LogP contribution < -0.4 is 9.80 Å². The van der Waals surface area contributed by atoms with E-state index in [1.54, 1.807) is 12.3 Å². The predicted molar refractivity (Wildman–Crippen MR) is 122 cm³/mol. The third-order valence-corrected chi connectivity index (χ3v) is 6.39. The fourth-order valence-electron chi connectivity index (χ4n) is 4.75. The second-order valence-corrected chi connectivity index (χ2v) is 8.49. The number of aromatic nitrogens is 1. The Balaban J connectivity index is 1.50. The summed E-state index contributed by atoms with van der Waals surface area (Å²) in [5, 5.41) is 0.717. The van der Waals surface area contributed by atoms with E-state index in [9.17, 15) is 9.18 Å². The Morgan fingerprint density at radius 2 is 1.68 bits per heavy atom. The van der Waals surface area contributed by atoms with Crippen molar-refractivity contribution in [3.8, 4) is 0 Å². The molecule has 3 aromatic rings. The van der Waals surface area contributed by atoms with Gasteiger partial charge in [0, 0.05) is 56.5 Å². The number of fused-ring (bicyclic) bond motifs is 1. The maximum Gasteiger partial charge on any atom is 0.257 e. The molecule has 0 spiro atoms. The quantitative estimate of drug-likeness (QED) is 0.638. The van der Waals surface area contributed by atoms with Crippen molar-refractivity contribution in [1.82, 2.24) is 9.88 Å². The fraction of sp³-hybridized carbons (Fsp3) is 0.360. The molecule has 0 bridgehead atoms. The van der Waals surface area contributed by atoms with Crippen LogP contribution in [0.2, 0.25) is 0 Å². The minimum atomic E-state index is -0.306. The second kappa shape index (κ2) is 8.17. The highest BCUT2D eigenvalue weighted by Crippen LogP contribution is 2.33. The van der Waals surface area contributed by atoms with Gasteiger partial charge in [-0.1, -0.05) is 12.1 Å². The van der Waals surface area contributed by atoms with Gasteiger partial charge in [0.2, 0.25) is 0 Å². The highest BCUT2D eigenvalue weighted by molar-refractivity contribution is 6.07. The lowest BCUT2D eigenvalue weighted by Gasteiger charge is -2.38. The molecule has 0 saturated carbocycles. The van der Waals surface area contributed by atoms with Gasteiger partial charge in [-0.3, -0.25) is 9.78 Å². The number of hydrogen-bond acceptors (Lipinski definition) is 4. The van der Waals surface area contributed by atoms with E-state index >= 15 is 0 Å². The zero-order valence-corrected chi connectivity index (χ0v) is 17.9. The summed E-state index contributed by atoms with van der Waals surface area (Å²) in [6, 6.07) is 13.2. The van der Waals surface area contributed by atoms with Crippen molar-refractivity contribution < 1.29 is 9.18 Å². The summed E-state index contributed by atoms with van der Waals surface area (Å²) >= 11 is 0. The Kier molecular flexibility index (Phi) is 5.22. The molecule has 1 aromatic heterocycles. The van der Waals surface area contributed by atoms with Crippen molar-refractivity contribution in [3.63, 3.8) is 0 Å². The van der Waals surface area contributed by atoms with Crippen molar-refractivity contribution in [2.24, 2.45) is 0 Å². The highest BCUT2D eigenvalue weighted by Gasteiger charge is 2.28. The summed E-state index contributed by atoms with van der Waals surface area (Å²) < 4.78 is 14.2. The zero-order chi connectivity index (χ0) is 21.4. The van der Waals surface area contributed by atoms with Crippen molar-refractivity contribution in [2.45, 2.75) is 19.8 Å². The maximum atomic E-state index is 14.2. The molecule has 0 atom stereocenters. The van der Waals surface area contributed by atoms with E-state index in [2.05, 4.69) is 46.0 Å². The number of halogens is 1. The Morgan fingerprint density at radius 1 is 0.935 bits per heavy atom. The van der Waals surface area contributed by atoms with Crippen LogP contribution in [0.15, 0.2) is 48.7 Å². The van der Waals surface area contributed by atoms with Crippen LogP contribution in [-0.2, 0) is 0 Å². The fourth-order valence-corrected chi connectivity index (χ4v) is 4.75. The van der Waals surface area contributed by atoms with Crippen LogP contribution in [0, 0.1) is 12.7 Å².